The van der Waals surface area contributed by atoms with E-state index in [2.05, 4.69) is 69.4 Å². The average molecular weight is 1020 g/mol. The van der Waals surface area contributed by atoms with Gasteiger partial charge in [-0.25, -0.2) is 0 Å². The van der Waals surface area contributed by atoms with Crippen molar-refractivity contribution in [2.45, 2.75) is 348 Å². The van der Waals surface area contributed by atoms with E-state index in [0.717, 1.165) is 89.9 Å². The van der Waals surface area contributed by atoms with E-state index in [4.69, 9.17) is 14.2 Å². The Morgan fingerprint density at radius 3 is 0.890 bits per heavy atom. The van der Waals surface area contributed by atoms with Crippen LogP contribution in [0, 0.1) is 0 Å². The third-order valence-electron chi connectivity index (χ3n) is 14.3. The van der Waals surface area contributed by atoms with Crippen LogP contribution in [-0.4, -0.2) is 37.2 Å². The molecule has 1 atom stereocenters. The summed E-state index contributed by atoms with van der Waals surface area (Å²) in [6.45, 7) is 6.51. The topological polar surface area (TPSA) is 78.9 Å². The Kier molecular flexibility index (Phi) is 59.7. The van der Waals surface area contributed by atoms with E-state index in [-0.39, 0.29) is 31.1 Å². The van der Waals surface area contributed by atoms with Crippen LogP contribution in [0.5, 0.6) is 0 Å². The van der Waals surface area contributed by atoms with Crippen molar-refractivity contribution >= 4 is 17.9 Å². The van der Waals surface area contributed by atoms with Gasteiger partial charge in [0.1, 0.15) is 13.2 Å². The second kappa shape index (κ2) is 61.9. The van der Waals surface area contributed by atoms with Gasteiger partial charge in [-0.3, -0.25) is 14.4 Å². The number of ether oxygens (including phenoxy) is 3. The second-order valence-corrected chi connectivity index (χ2v) is 21.6. The highest BCUT2D eigenvalue weighted by Crippen LogP contribution is 2.18. The maximum Gasteiger partial charge on any atom is 0.306 e. The minimum Gasteiger partial charge on any atom is -0.462 e. The maximum atomic E-state index is 12.8. The van der Waals surface area contributed by atoms with E-state index in [1.807, 2.05) is 0 Å². The molecule has 0 fully saturated rings. The van der Waals surface area contributed by atoms with E-state index in [1.165, 1.54) is 212 Å². The van der Waals surface area contributed by atoms with Crippen molar-refractivity contribution in [3.05, 3.63) is 48.6 Å². The monoisotopic (exact) mass is 1020 g/mol. The smallest absolute Gasteiger partial charge is 0.306 e. The molecule has 0 bridgehead atoms. The molecule has 0 aromatic heterocycles. The first-order chi connectivity index (χ1) is 36.0. The molecule has 0 radical (unpaired) electrons. The molecule has 0 aliphatic carbocycles. The van der Waals surface area contributed by atoms with Crippen LogP contribution in [0.2, 0.25) is 0 Å². The normalized spacial score (nSPS) is 12.3. The molecule has 6 heteroatoms. The molecule has 0 aliphatic rings. The van der Waals surface area contributed by atoms with E-state index in [1.54, 1.807) is 0 Å². The Hall–Kier alpha value is -2.63. The van der Waals surface area contributed by atoms with Crippen molar-refractivity contribution in [3.8, 4) is 0 Å². The molecular formula is C67H122O6. The number of carbonyl (C=O) groups is 3. The molecule has 0 spiro atoms. The molecule has 0 aromatic carbocycles. The summed E-state index contributed by atoms with van der Waals surface area (Å²) in [6, 6.07) is 0. The quantitative estimate of drug-likeness (QED) is 0.0261. The number of esters is 3. The molecule has 0 saturated heterocycles. The van der Waals surface area contributed by atoms with Gasteiger partial charge in [0.15, 0.2) is 6.10 Å². The molecule has 0 N–H and O–H groups in total. The summed E-state index contributed by atoms with van der Waals surface area (Å²) < 4.78 is 16.8. The minimum atomic E-state index is -0.790. The molecule has 0 saturated carbocycles. The zero-order valence-electron chi connectivity index (χ0n) is 48.9. The first-order valence-corrected chi connectivity index (χ1v) is 32.1. The van der Waals surface area contributed by atoms with E-state index >= 15 is 0 Å². The first-order valence-electron chi connectivity index (χ1n) is 32.1. The van der Waals surface area contributed by atoms with Crippen LogP contribution < -0.4 is 0 Å². The molecule has 0 heterocycles. The number of rotatable bonds is 59. The highest BCUT2D eigenvalue weighted by molar-refractivity contribution is 5.71. The van der Waals surface area contributed by atoms with Crippen LogP contribution in [0.25, 0.3) is 0 Å². The van der Waals surface area contributed by atoms with Gasteiger partial charge in [-0.2, -0.15) is 0 Å². The van der Waals surface area contributed by atoms with Crippen molar-refractivity contribution in [2.24, 2.45) is 0 Å². The Morgan fingerprint density at radius 2 is 0.534 bits per heavy atom. The predicted octanol–water partition coefficient (Wildman–Crippen LogP) is 21.8. The first kappa shape index (κ1) is 70.4. The molecule has 73 heavy (non-hydrogen) atoms. The highest BCUT2D eigenvalue weighted by atomic mass is 16.6. The Balaban J connectivity index is 4.10. The van der Waals surface area contributed by atoms with Crippen LogP contribution in [-0.2, 0) is 28.6 Å². The van der Waals surface area contributed by atoms with E-state index < -0.39 is 6.10 Å². The standard InChI is InChI=1S/C67H122O6/c1-4-7-10-13-16-19-22-25-26-27-28-29-30-31-32-33-34-35-36-37-38-39-40-41-43-45-48-51-54-57-60-66(69)72-63-64(62-71-65(68)59-56-53-50-47-44-24-21-18-15-12-9-6-3)73-67(70)61-58-55-52-49-46-42-23-20-17-14-11-8-5-2/h8,11,17-18,20-21,42,46,64H,4-7,9-10,12-16,19,22-41,43-45,47-63H2,1-3H3/b11-8-,20-17-,21-18-,46-42-. The van der Waals surface area contributed by atoms with Gasteiger partial charge >= 0.3 is 17.9 Å². The Labute approximate surface area is 454 Å². The van der Waals surface area contributed by atoms with Crippen LogP contribution in [0.15, 0.2) is 48.6 Å². The summed E-state index contributed by atoms with van der Waals surface area (Å²) >= 11 is 0. The predicted molar refractivity (Wildman–Crippen MR) is 316 cm³/mol. The molecule has 0 aromatic rings. The summed E-state index contributed by atoms with van der Waals surface area (Å²) in [4.78, 5) is 38.1. The largest absolute Gasteiger partial charge is 0.462 e. The van der Waals surface area contributed by atoms with Gasteiger partial charge in [-0.15, -0.1) is 0 Å². The molecule has 6 nitrogen and oxygen atoms in total. The average Bonchev–Trinajstić information content (AvgIpc) is 3.39. The third-order valence-corrected chi connectivity index (χ3v) is 14.3. The van der Waals surface area contributed by atoms with Gasteiger partial charge in [0.2, 0.25) is 0 Å². The lowest BCUT2D eigenvalue weighted by molar-refractivity contribution is -0.167. The molecular weight excluding hydrogens is 901 g/mol. The lowest BCUT2D eigenvalue weighted by Crippen LogP contribution is -2.30. The number of hydrogen-bond donors (Lipinski definition) is 0. The van der Waals surface area contributed by atoms with Crippen molar-refractivity contribution < 1.29 is 28.6 Å². The van der Waals surface area contributed by atoms with Crippen molar-refractivity contribution in [1.82, 2.24) is 0 Å². The summed E-state index contributed by atoms with van der Waals surface area (Å²) in [5, 5.41) is 0. The number of unbranched alkanes of at least 4 members (excludes halogenated alkanes) is 40. The molecule has 0 amide bonds. The van der Waals surface area contributed by atoms with Crippen LogP contribution in [0.4, 0.5) is 0 Å². The SMILES string of the molecule is CC/C=C\C/C=C\C/C=C\CCCCCC(=O)OC(COC(=O)CCCCCCC/C=C\CCCCC)COC(=O)CCCCCCCCCCCCCCCCCCCCCCCCCCCCCCCC. The molecule has 426 valence electrons. The van der Waals surface area contributed by atoms with Gasteiger partial charge in [0.05, 0.1) is 0 Å². The lowest BCUT2D eigenvalue weighted by atomic mass is 10.0. The van der Waals surface area contributed by atoms with Crippen LogP contribution in [0.3, 0.4) is 0 Å². The zero-order valence-corrected chi connectivity index (χ0v) is 48.9. The zero-order chi connectivity index (χ0) is 52.9. The fourth-order valence-corrected chi connectivity index (χ4v) is 9.51. The fraction of sp³-hybridized carbons (Fsp3) is 0.836. The van der Waals surface area contributed by atoms with Gasteiger partial charge < -0.3 is 14.2 Å². The van der Waals surface area contributed by atoms with Crippen LogP contribution in [0.1, 0.15) is 342 Å². The highest BCUT2D eigenvalue weighted by Gasteiger charge is 2.19. The maximum absolute atomic E-state index is 12.8. The van der Waals surface area contributed by atoms with Gasteiger partial charge in [0.25, 0.3) is 0 Å². The Bertz CT molecular complexity index is 1270. The summed E-state index contributed by atoms with van der Waals surface area (Å²) in [7, 11) is 0. The van der Waals surface area contributed by atoms with Crippen molar-refractivity contribution in [2.75, 3.05) is 13.2 Å². The second-order valence-electron chi connectivity index (χ2n) is 21.6. The molecule has 0 rings (SSSR count). The van der Waals surface area contributed by atoms with E-state index in [0.29, 0.717) is 19.3 Å². The van der Waals surface area contributed by atoms with E-state index in [9.17, 15) is 14.4 Å². The van der Waals surface area contributed by atoms with Gasteiger partial charge in [-0.05, 0) is 77.0 Å². The Morgan fingerprint density at radius 1 is 0.288 bits per heavy atom. The van der Waals surface area contributed by atoms with Crippen LogP contribution >= 0.6 is 0 Å². The molecule has 0 aliphatic heterocycles. The number of allylic oxidation sites excluding steroid dienone is 8. The van der Waals surface area contributed by atoms with Gasteiger partial charge in [0, 0.05) is 19.3 Å². The summed E-state index contributed by atoms with van der Waals surface area (Å²) in [5.74, 6) is -0.909. The van der Waals surface area contributed by atoms with Crippen molar-refractivity contribution in [1.29, 1.82) is 0 Å². The number of carbonyl (C=O) groups excluding carboxylic acids is 3. The lowest BCUT2D eigenvalue weighted by Gasteiger charge is -2.18. The van der Waals surface area contributed by atoms with Gasteiger partial charge in [-0.1, -0.05) is 294 Å². The fourth-order valence-electron chi connectivity index (χ4n) is 9.51. The molecule has 1 unspecified atom stereocenters. The summed E-state index contributed by atoms with van der Waals surface area (Å²) in [6.07, 6.45) is 77.3. The number of hydrogen-bond acceptors (Lipinski definition) is 6. The third kappa shape index (κ3) is 60.1. The minimum absolute atomic E-state index is 0.0847. The summed E-state index contributed by atoms with van der Waals surface area (Å²) in [5.41, 5.74) is 0. The van der Waals surface area contributed by atoms with Crippen molar-refractivity contribution in [3.63, 3.8) is 0 Å².